The molecule has 0 amide bonds. The van der Waals surface area contributed by atoms with E-state index in [1.807, 2.05) is 0 Å². The molecular formula is C7H4BrF2NO3. The maximum absolute atomic E-state index is 12.3. The average molecular weight is 268 g/mol. The van der Waals surface area contributed by atoms with Crippen LogP contribution in [0.15, 0.2) is 10.8 Å². The van der Waals surface area contributed by atoms with Crippen LogP contribution in [0.5, 0.6) is 5.75 Å². The van der Waals surface area contributed by atoms with E-state index in [0.717, 1.165) is 0 Å². The van der Waals surface area contributed by atoms with Gasteiger partial charge >= 0.3 is 5.97 Å². The summed E-state index contributed by atoms with van der Waals surface area (Å²) >= 11 is 2.73. The molecule has 14 heavy (non-hydrogen) atoms. The van der Waals surface area contributed by atoms with Crippen molar-refractivity contribution < 1.29 is 23.8 Å². The third kappa shape index (κ3) is 1.82. The Kier molecular flexibility index (Phi) is 3.00. The Balaban J connectivity index is 3.45. The van der Waals surface area contributed by atoms with Gasteiger partial charge in [-0.3, -0.25) is 0 Å². The summed E-state index contributed by atoms with van der Waals surface area (Å²) in [5.41, 5.74) is -1.64. The highest BCUT2D eigenvalue weighted by Gasteiger charge is 2.24. The number of hydrogen-bond acceptors (Lipinski definition) is 3. The average Bonchev–Trinajstić information content (AvgIpc) is 2.08. The van der Waals surface area contributed by atoms with Crippen LogP contribution in [0.4, 0.5) is 8.78 Å². The van der Waals surface area contributed by atoms with Crippen molar-refractivity contribution in [2.24, 2.45) is 0 Å². The topological polar surface area (TPSA) is 70.4 Å². The molecule has 1 rings (SSSR count). The largest absolute Gasteiger partial charge is 0.504 e. The Morgan fingerprint density at radius 3 is 2.57 bits per heavy atom. The molecule has 2 N–H and O–H groups in total. The van der Waals surface area contributed by atoms with E-state index in [4.69, 9.17) is 5.11 Å². The standard InChI is InChI=1S/C7H4BrF2NO3/c8-5-4(12)3(7(13)14)2(1-11-5)6(9)10/h1,6,12H,(H,13,14). The van der Waals surface area contributed by atoms with Crippen LogP contribution >= 0.6 is 15.9 Å². The van der Waals surface area contributed by atoms with Gasteiger partial charge in [-0.25, -0.2) is 18.6 Å². The number of alkyl halides is 2. The van der Waals surface area contributed by atoms with Crippen LogP contribution in [-0.4, -0.2) is 21.2 Å². The Hall–Kier alpha value is -1.24. The third-order valence-corrected chi connectivity index (χ3v) is 2.07. The molecule has 0 bridgehead atoms. The Morgan fingerprint density at radius 1 is 1.57 bits per heavy atom. The van der Waals surface area contributed by atoms with Crippen LogP contribution in [0.1, 0.15) is 22.3 Å². The molecule has 1 aromatic rings. The molecule has 7 heteroatoms. The number of nitrogens with zero attached hydrogens (tertiary/aromatic N) is 1. The lowest BCUT2D eigenvalue weighted by Gasteiger charge is -2.07. The number of carboxylic acid groups (broad SMARTS) is 1. The number of carboxylic acids is 1. The molecule has 1 aromatic heterocycles. The second-order valence-electron chi connectivity index (χ2n) is 2.33. The molecule has 4 nitrogen and oxygen atoms in total. The Morgan fingerprint density at radius 2 is 2.14 bits per heavy atom. The SMILES string of the molecule is O=C(O)c1c(C(F)F)cnc(Br)c1O. The van der Waals surface area contributed by atoms with Gasteiger partial charge in [0.1, 0.15) is 10.2 Å². The molecule has 76 valence electrons. The summed E-state index contributed by atoms with van der Waals surface area (Å²) in [6.07, 6.45) is -2.29. The number of aromatic carboxylic acids is 1. The monoisotopic (exact) mass is 267 g/mol. The van der Waals surface area contributed by atoms with Crippen molar-refractivity contribution in [2.45, 2.75) is 6.43 Å². The van der Waals surface area contributed by atoms with E-state index in [0.29, 0.717) is 6.20 Å². The number of hydrogen-bond donors (Lipinski definition) is 2. The molecule has 0 aliphatic rings. The van der Waals surface area contributed by atoms with E-state index in [1.165, 1.54) is 0 Å². The van der Waals surface area contributed by atoms with Crippen LogP contribution in [0.3, 0.4) is 0 Å². The van der Waals surface area contributed by atoms with Crippen molar-refractivity contribution in [1.29, 1.82) is 0 Å². The van der Waals surface area contributed by atoms with Crippen LogP contribution in [0.25, 0.3) is 0 Å². The first kappa shape index (κ1) is 10.8. The van der Waals surface area contributed by atoms with Gasteiger partial charge in [0.25, 0.3) is 6.43 Å². The van der Waals surface area contributed by atoms with Gasteiger partial charge in [0, 0.05) is 6.20 Å². The molecule has 0 aliphatic heterocycles. The fourth-order valence-corrected chi connectivity index (χ4v) is 1.18. The van der Waals surface area contributed by atoms with Crippen LogP contribution in [0, 0.1) is 0 Å². The second-order valence-corrected chi connectivity index (χ2v) is 3.08. The van der Waals surface area contributed by atoms with Crippen molar-refractivity contribution in [3.63, 3.8) is 0 Å². The lowest BCUT2D eigenvalue weighted by molar-refractivity contribution is 0.0680. The van der Waals surface area contributed by atoms with E-state index in [2.05, 4.69) is 20.9 Å². The van der Waals surface area contributed by atoms with Crippen molar-refractivity contribution in [2.75, 3.05) is 0 Å². The van der Waals surface area contributed by atoms with Gasteiger partial charge in [0.15, 0.2) is 5.75 Å². The summed E-state index contributed by atoms with van der Waals surface area (Å²) in [6, 6.07) is 0. The summed E-state index contributed by atoms with van der Waals surface area (Å²) in [5, 5.41) is 17.8. The predicted octanol–water partition coefficient (Wildman–Crippen LogP) is 2.19. The van der Waals surface area contributed by atoms with Crippen LogP contribution in [0.2, 0.25) is 0 Å². The third-order valence-electron chi connectivity index (χ3n) is 1.49. The maximum atomic E-state index is 12.3. The summed E-state index contributed by atoms with van der Waals surface area (Å²) in [6.45, 7) is 0. The van der Waals surface area contributed by atoms with E-state index >= 15 is 0 Å². The normalized spacial score (nSPS) is 10.6. The first-order chi connectivity index (χ1) is 6.45. The minimum Gasteiger partial charge on any atom is -0.504 e. The zero-order chi connectivity index (χ0) is 10.9. The molecule has 0 saturated carbocycles. The highest BCUT2D eigenvalue weighted by molar-refractivity contribution is 9.10. The molecule has 0 radical (unpaired) electrons. The van der Waals surface area contributed by atoms with Gasteiger partial charge in [0.2, 0.25) is 0 Å². The fraction of sp³-hybridized carbons (Fsp3) is 0.143. The van der Waals surface area contributed by atoms with Gasteiger partial charge < -0.3 is 10.2 Å². The van der Waals surface area contributed by atoms with Crippen molar-refractivity contribution in [1.82, 2.24) is 4.98 Å². The quantitative estimate of drug-likeness (QED) is 0.806. The number of rotatable bonds is 2. The summed E-state index contributed by atoms with van der Waals surface area (Å²) in [4.78, 5) is 13.9. The first-order valence-corrected chi connectivity index (χ1v) is 4.13. The number of halogens is 3. The number of aromatic nitrogens is 1. The molecule has 1 heterocycles. The van der Waals surface area contributed by atoms with Crippen LogP contribution < -0.4 is 0 Å². The highest BCUT2D eigenvalue weighted by Crippen LogP contribution is 2.32. The molecule has 0 atom stereocenters. The predicted molar refractivity (Wildman–Crippen MR) is 45.5 cm³/mol. The fourth-order valence-electron chi connectivity index (χ4n) is 0.882. The minimum absolute atomic E-state index is 0.181. The lowest BCUT2D eigenvalue weighted by atomic mass is 10.1. The Bertz CT molecular complexity index is 383. The van der Waals surface area contributed by atoms with Gasteiger partial charge in [-0.1, -0.05) is 0 Å². The minimum atomic E-state index is -2.99. The molecule has 0 unspecified atom stereocenters. The van der Waals surface area contributed by atoms with E-state index in [-0.39, 0.29) is 4.60 Å². The zero-order valence-corrected chi connectivity index (χ0v) is 8.12. The summed E-state index contributed by atoms with van der Waals surface area (Å²) in [7, 11) is 0. The molecular weight excluding hydrogens is 264 g/mol. The van der Waals surface area contributed by atoms with Crippen molar-refractivity contribution in [3.05, 3.63) is 21.9 Å². The van der Waals surface area contributed by atoms with Crippen LogP contribution in [-0.2, 0) is 0 Å². The molecule has 0 aromatic carbocycles. The lowest BCUT2D eigenvalue weighted by Crippen LogP contribution is -2.04. The van der Waals surface area contributed by atoms with Crippen molar-refractivity contribution in [3.8, 4) is 5.75 Å². The van der Waals surface area contributed by atoms with Gasteiger partial charge in [-0.05, 0) is 15.9 Å². The van der Waals surface area contributed by atoms with E-state index < -0.39 is 29.3 Å². The smallest absolute Gasteiger partial charge is 0.340 e. The summed E-state index contributed by atoms with van der Waals surface area (Å²) in [5.74, 6) is -2.42. The van der Waals surface area contributed by atoms with Gasteiger partial charge in [-0.15, -0.1) is 0 Å². The highest BCUT2D eigenvalue weighted by atomic mass is 79.9. The van der Waals surface area contributed by atoms with E-state index in [9.17, 15) is 18.7 Å². The zero-order valence-electron chi connectivity index (χ0n) is 6.54. The molecule has 0 aliphatic carbocycles. The number of pyridine rings is 1. The summed E-state index contributed by atoms with van der Waals surface area (Å²) < 4.78 is 24.4. The molecule has 0 saturated heterocycles. The van der Waals surface area contributed by atoms with Gasteiger partial charge in [-0.2, -0.15) is 0 Å². The molecule has 0 spiro atoms. The number of carbonyl (C=O) groups is 1. The Labute approximate surface area is 85.3 Å². The van der Waals surface area contributed by atoms with E-state index in [1.54, 1.807) is 0 Å². The van der Waals surface area contributed by atoms with Gasteiger partial charge in [0.05, 0.1) is 5.56 Å². The second kappa shape index (κ2) is 3.87. The maximum Gasteiger partial charge on any atom is 0.340 e. The first-order valence-electron chi connectivity index (χ1n) is 3.34. The van der Waals surface area contributed by atoms with Crippen molar-refractivity contribution >= 4 is 21.9 Å². The molecule has 0 fully saturated rings. The number of aromatic hydroxyl groups is 1.